The molecule has 16 heavy (non-hydrogen) atoms. The van der Waals surface area contributed by atoms with Crippen LogP contribution in [0.25, 0.3) is 11.0 Å². The third-order valence-corrected chi connectivity index (χ3v) is 4.06. The van der Waals surface area contributed by atoms with E-state index in [1.807, 2.05) is 6.07 Å². The number of benzene rings is 1. The van der Waals surface area contributed by atoms with Gasteiger partial charge in [0, 0.05) is 12.6 Å². The fourth-order valence-electron chi connectivity index (χ4n) is 3.26. The number of hydrogen-bond donors (Lipinski definition) is 1. The third kappa shape index (κ3) is 1.11. The van der Waals surface area contributed by atoms with Crippen LogP contribution in [-0.4, -0.2) is 22.6 Å². The average molecular weight is 213 g/mol. The van der Waals surface area contributed by atoms with E-state index in [0.29, 0.717) is 0 Å². The number of nitrogens with one attached hydrogen (secondary N) is 1. The summed E-state index contributed by atoms with van der Waals surface area (Å²) in [7, 11) is 0. The molecule has 0 amide bonds. The number of rotatable bonds is 1. The molecule has 82 valence electrons. The van der Waals surface area contributed by atoms with E-state index >= 15 is 0 Å². The number of nitrogens with zero attached hydrogens (tertiary/aromatic N) is 2. The van der Waals surface area contributed by atoms with Crippen LogP contribution in [-0.2, 0) is 0 Å². The lowest BCUT2D eigenvalue weighted by atomic mass is 10.1. The Morgan fingerprint density at radius 3 is 2.94 bits per heavy atom. The van der Waals surface area contributed by atoms with Crippen LogP contribution >= 0.6 is 0 Å². The summed E-state index contributed by atoms with van der Waals surface area (Å²) in [4.78, 5) is 10.6. The molecule has 2 atom stereocenters. The summed E-state index contributed by atoms with van der Waals surface area (Å²) in [6, 6.07) is 9.01. The van der Waals surface area contributed by atoms with Crippen LogP contribution in [0.4, 0.5) is 5.95 Å². The lowest BCUT2D eigenvalue weighted by molar-refractivity contribution is 0.548. The first kappa shape index (κ1) is 8.62. The molecule has 0 radical (unpaired) electrons. The Morgan fingerprint density at radius 2 is 2.19 bits per heavy atom. The molecule has 0 spiro atoms. The van der Waals surface area contributed by atoms with Crippen molar-refractivity contribution in [3.63, 3.8) is 0 Å². The normalized spacial score (nSPS) is 28.1. The second-order valence-corrected chi connectivity index (χ2v) is 5.06. The van der Waals surface area contributed by atoms with Gasteiger partial charge >= 0.3 is 0 Å². The molecule has 4 rings (SSSR count). The Balaban J connectivity index is 1.76. The first-order valence-electron chi connectivity index (χ1n) is 6.11. The number of para-hydroxylation sites is 2. The first-order chi connectivity index (χ1) is 7.90. The van der Waals surface area contributed by atoms with Gasteiger partial charge in [0.2, 0.25) is 5.95 Å². The summed E-state index contributed by atoms with van der Waals surface area (Å²) in [5, 5.41) is 0. The average Bonchev–Trinajstić information content (AvgIpc) is 3.02. The molecule has 2 unspecified atom stereocenters. The van der Waals surface area contributed by atoms with E-state index in [0.717, 1.165) is 28.9 Å². The van der Waals surface area contributed by atoms with Gasteiger partial charge in [-0.15, -0.1) is 0 Å². The maximum Gasteiger partial charge on any atom is 0.204 e. The van der Waals surface area contributed by atoms with Gasteiger partial charge in [0.25, 0.3) is 0 Å². The van der Waals surface area contributed by atoms with Gasteiger partial charge < -0.3 is 9.88 Å². The number of H-pyrrole nitrogens is 1. The fourth-order valence-corrected chi connectivity index (χ4v) is 3.26. The molecule has 3 heteroatoms. The van der Waals surface area contributed by atoms with E-state index in [2.05, 4.69) is 33.1 Å². The van der Waals surface area contributed by atoms with Gasteiger partial charge in [-0.1, -0.05) is 12.1 Å². The molecule has 1 saturated carbocycles. The molecule has 1 N–H and O–H groups in total. The van der Waals surface area contributed by atoms with Crippen LogP contribution in [0.5, 0.6) is 0 Å². The zero-order valence-electron chi connectivity index (χ0n) is 9.19. The summed E-state index contributed by atoms with van der Waals surface area (Å²) in [5.74, 6) is 1.99. The molecule has 1 aliphatic heterocycles. The van der Waals surface area contributed by atoms with Crippen molar-refractivity contribution in [2.24, 2.45) is 5.92 Å². The molecule has 1 saturated heterocycles. The minimum atomic E-state index is 0.741. The predicted molar refractivity (Wildman–Crippen MR) is 64.6 cm³/mol. The second kappa shape index (κ2) is 3.00. The topological polar surface area (TPSA) is 31.9 Å². The molecule has 2 aromatic rings. The van der Waals surface area contributed by atoms with Gasteiger partial charge in [-0.25, -0.2) is 4.98 Å². The number of aromatic amines is 1. The number of hydrogen-bond acceptors (Lipinski definition) is 2. The van der Waals surface area contributed by atoms with E-state index in [1.165, 1.54) is 25.8 Å². The van der Waals surface area contributed by atoms with Crippen LogP contribution < -0.4 is 4.90 Å². The first-order valence-corrected chi connectivity index (χ1v) is 6.11. The Bertz CT molecular complexity index is 498. The molecule has 3 nitrogen and oxygen atoms in total. The SMILES string of the molecule is c1ccc2[nH]c(N3CC4CCC3C4)nc2c1. The Hall–Kier alpha value is -1.51. The highest BCUT2D eigenvalue weighted by Gasteiger charge is 2.38. The number of aromatic nitrogens is 2. The number of piperidine rings is 1. The molecule has 2 fully saturated rings. The van der Waals surface area contributed by atoms with Crippen molar-refractivity contribution in [2.75, 3.05) is 11.4 Å². The van der Waals surface area contributed by atoms with Gasteiger partial charge in [-0.05, 0) is 37.3 Å². The van der Waals surface area contributed by atoms with Gasteiger partial charge in [0.05, 0.1) is 11.0 Å². The van der Waals surface area contributed by atoms with Crippen molar-refractivity contribution in [1.29, 1.82) is 0 Å². The Labute approximate surface area is 94.5 Å². The summed E-state index contributed by atoms with van der Waals surface area (Å²) in [6.07, 6.45) is 4.14. The minimum absolute atomic E-state index is 0.741. The van der Waals surface area contributed by atoms with Gasteiger partial charge in [0.1, 0.15) is 0 Å². The smallest absolute Gasteiger partial charge is 0.204 e. The van der Waals surface area contributed by atoms with Crippen molar-refractivity contribution >= 4 is 17.0 Å². The maximum atomic E-state index is 4.68. The highest BCUT2D eigenvalue weighted by molar-refractivity contribution is 5.77. The van der Waals surface area contributed by atoms with Crippen molar-refractivity contribution in [3.8, 4) is 0 Å². The van der Waals surface area contributed by atoms with Gasteiger partial charge in [0.15, 0.2) is 0 Å². The minimum Gasteiger partial charge on any atom is -0.339 e. The quantitative estimate of drug-likeness (QED) is 0.789. The Kier molecular flexibility index (Phi) is 1.62. The summed E-state index contributed by atoms with van der Waals surface area (Å²) >= 11 is 0. The Morgan fingerprint density at radius 1 is 1.25 bits per heavy atom. The second-order valence-electron chi connectivity index (χ2n) is 5.06. The third-order valence-electron chi connectivity index (χ3n) is 4.06. The number of anilines is 1. The largest absolute Gasteiger partial charge is 0.339 e. The molecule has 1 aliphatic carbocycles. The van der Waals surface area contributed by atoms with E-state index in [1.54, 1.807) is 0 Å². The maximum absolute atomic E-state index is 4.68. The predicted octanol–water partition coefficient (Wildman–Crippen LogP) is 2.55. The lowest BCUT2D eigenvalue weighted by Gasteiger charge is -2.26. The zero-order valence-corrected chi connectivity index (χ0v) is 9.19. The highest BCUT2D eigenvalue weighted by Crippen LogP contribution is 2.39. The molecule has 1 aromatic heterocycles. The van der Waals surface area contributed by atoms with Crippen LogP contribution in [0.1, 0.15) is 19.3 Å². The zero-order chi connectivity index (χ0) is 10.5. The van der Waals surface area contributed by atoms with Crippen LogP contribution in [0.15, 0.2) is 24.3 Å². The molecule has 2 aliphatic rings. The number of imidazole rings is 1. The lowest BCUT2D eigenvalue weighted by Crippen LogP contribution is -2.32. The summed E-state index contributed by atoms with van der Waals surface area (Å²) in [5.41, 5.74) is 2.24. The summed E-state index contributed by atoms with van der Waals surface area (Å²) < 4.78 is 0. The van der Waals surface area contributed by atoms with Crippen molar-refractivity contribution < 1.29 is 0 Å². The van der Waals surface area contributed by atoms with Crippen molar-refractivity contribution in [3.05, 3.63) is 24.3 Å². The van der Waals surface area contributed by atoms with Crippen LogP contribution in [0, 0.1) is 5.92 Å². The molecule has 2 heterocycles. The van der Waals surface area contributed by atoms with Gasteiger partial charge in [-0.2, -0.15) is 0 Å². The van der Waals surface area contributed by atoms with E-state index in [-0.39, 0.29) is 0 Å². The highest BCUT2D eigenvalue weighted by atomic mass is 15.3. The van der Waals surface area contributed by atoms with Gasteiger partial charge in [-0.3, -0.25) is 0 Å². The summed E-state index contributed by atoms with van der Waals surface area (Å²) in [6.45, 7) is 1.20. The van der Waals surface area contributed by atoms with Crippen molar-refractivity contribution in [2.45, 2.75) is 25.3 Å². The molecule has 2 bridgehead atoms. The molecular weight excluding hydrogens is 198 g/mol. The monoisotopic (exact) mass is 213 g/mol. The number of fused-ring (bicyclic) bond motifs is 3. The molecular formula is C13H15N3. The van der Waals surface area contributed by atoms with E-state index in [9.17, 15) is 0 Å². The van der Waals surface area contributed by atoms with E-state index < -0.39 is 0 Å². The fraction of sp³-hybridized carbons (Fsp3) is 0.462. The van der Waals surface area contributed by atoms with Crippen molar-refractivity contribution in [1.82, 2.24) is 9.97 Å². The standard InChI is InChI=1S/C13H15N3/c1-2-4-12-11(3-1)14-13(15-12)16-8-9-5-6-10(16)7-9/h1-4,9-10H,5-8H2,(H,14,15). The van der Waals surface area contributed by atoms with Crippen LogP contribution in [0.2, 0.25) is 0 Å². The van der Waals surface area contributed by atoms with E-state index in [4.69, 9.17) is 0 Å². The molecule has 1 aromatic carbocycles. The van der Waals surface area contributed by atoms with Crippen LogP contribution in [0.3, 0.4) is 0 Å².